The van der Waals surface area contributed by atoms with E-state index >= 15 is 0 Å². The summed E-state index contributed by atoms with van der Waals surface area (Å²) in [6.07, 6.45) is 4.13. The molecule has 26 heavy (non-hydrogen) atoms. The Balaban J connectivity index is 1.36. The molecule has 0 bridgehead atoms. The molecule has 1 aliphatic rings. The Kier molecular flexibility index (Phi) is 4.10. The maximum absolute atomic E-state index is 5.63. The maximum atomic E-state index is 5.63. The Morgan fingerprint density at radius 2 is 2.00 bits per heavy atom. The van der Waals surface area contributed by atoms with Gasteiger partial charge in [0.1, 0.15) is 6.26 Å². The first kappa shape index (κ1) is 15.8. The van der Waals surface area contributed by atoms with E-state index in [-0.39, 0.29) is 0 Å². The van der Waals surface area contributed by atoms with Crippen molar-refractivity contribution in [2.45, 2.75) is 29.8 Å². The van der Waals surface area contributed by atoms with Crippen molar-refractivity contribution >= 4 is 23.1 Å². The predicted octanol–water partition coefficient (Wildman–Crippen LogP) is 5.29. The molecule has 1 aliphatic carbocycles. The van der Waals surface area contributed by atoms with Crippen LogP contribution in [0.15, 0.2) is 63.7 Å². The highest BCUT2D eigenvalue weighted by Gasteiger charge is 2.30. The van der Waals surface area contributed by atoms with E-state index in [1.807, 2.05) is 30.3 Å². The number of hydrogen-bond acceptors (Lipinski definition) is 6. The molecule has 1 fully saturated rings. The minimum Gasteiger partial charge on any atom is -0.444 e. The molecule has 0 atom stereocenters. The lowest BCUT2D eigenvalue weighted by Gasteiger charge is -2.06. The number of thiophene rings is 1. The van der Waals surface area contributed by atoms with Gasteiger partial charge in [-0.15, -0.1) is 21.5 Å². The summed E-state index contributed by atoms with van der Waals surface area (Å²) < 4.78 is 7.91. The van der Waals surface area contributed by atoms with Gasteiger partial charge in [-0.2, -0.15) is 0 Å². The van der Waals surface area contributed by atoms with Crippen LogP contribution in [0.3, 0.4) is 0 Å². The van der Waals surface area contributed by atoms with E-state index in [0.29, 0.717) is 17.7 Å². The molecule has 0 unspecified atom stereocenters. The molecule has 5 rings (SSSR count). The van der Waals surface area contributed by atoms with Gasteiger partial charge >= 0.3 is 0 Å². The Morgan fingerprint density at radius 1 is 1.12 bits per heavy atom. The summed E-state index contributed by atoms with van der Waals surface area (Å²) >= 11 is 3.37. The fourth-order valence-electron chi connectivity index (χ4n) is 2.84. The van der Waals surface area contributed by atoms with Crippen LogP contribution >= 0.6 is 23.1 Å². The third-order valence-corrected chi connectivity index (χ3v) is 6.08. The van der Waals surface area contributed by atoms with Gasteiger partial charge in [0.2, 0.25) is 5.89 Å². The van der Waals surface area contributed by atoms with E-state index in [0.717, 1.165) is 22.2 Å². The average Bonchev–Trinajstić information content (AvgIpc) is 3.10. The molecule has 130 valence electrons. The van der Waals surface area contributed by atoms with Crippen LogP contribution < -0.4 is 0 Å². The van der Waals surface area contributed by atoms with Crippen LogP contribution in [0.1, 0.15) is 24.6 Å². The van der Waals surface area contributed by atoms with Crippen molar-refractivity contribution < 1.29 is 4.42 Å². The Bertz CT molecular complexity index is 1000. The molecule has 3 heterocycles. The first-order chi connectivity index (χ1) is 12.9. The monoisotopic (exact) mass is 380 g/mol. The molecule has 1 aromatic carbocycles. The zero-order chi connectivity index (χ0) is 17.3. The largest absolute Gasteiger partial charge is 0.444 e. The van der Waals surface area contributed by atoms with Gasteiger partial charge in [-0.1, -0.05) is 36.0 Å². The van der Waals surface area contributed by atoms with E-state index in [2.05, 4.69) is 37.3 Å². The Morgan fingerprint density at radius 3 is 2.77 bits per heavy atom. The normalized spacial score (nSPS) is 14.0. The third-order valence-electron chi connectivity index (χ3n) is 4.24. The molecule has 7 heteroatoms. The number of nitrogens with zero attached hydrogens (tertiary/aromatic N) is 4. The maximum Gasteiger partial charge on any atom is 0.226 e. The number of aromatic nitrogens is 4. The zero-order valence-corrected chi connectivity index (χ0v) is 15.5. The molecule has 0 amide bonds. The van der Waals surface area contributed by atoms with Gasteiger partial charge in [-0.25, -0.2) is 4.98 Å². The van der Waals surface area contributed by atoms with E-state index in [1.54, 1.807) is 29.4 Å². The van der Waals surface area contributed by atoms with Gasteiger partial charge in [-0.3, -0.25) is 4.57 Å². The molecule has 3 aromatic heterocycles. The lowest BCUT2D eigenvalue weighted by Crippen LogP contribution is -1.99. The highest BCUT2D eigenvalue weighted by molar-refractivity contribution is 7.98. The molecule has 0 N–H and O–H groups in total. The fraction of sp³-hybridized carbons (Fsp3) is 0.211. The van der Waals surface area contributed by atoms with Crippen molar-refractivity contribution in [2.75, 3.05) is 0 Å². The minimum atomic E-state index is 0.529. The van der Waals surface area contributed by atoms with Crippen molar-refractivity contribution in [3.8, 4) is 22.2 Å². The van der Waals surface area contributed by atoms with Crippen molar-refractivity contribution in [3.05, 3.63) is 59.8 Å². The molecular weight excluding hydrogens is 364 g/mol. The fourth-order valence-corrected chi connectivity index (χ4v) is 4.42. The van der Waals surface area contributed by atoms with E-state index in [9.17, 15) is 0 Å². The Labute approximate surface area is 159 Å². The smallest absolute Gasteiger partial charge is 0.226 e. The van der Waals surface area contributed by atoms with Gasteiger partial charge in [-0.05, 0) is 36.4 Å². The molecule has 5 nitrogen and oxygen atoms in total. The molecule has 0 spiro atoms. The lowest BCUT2D eigenvalue weighted by molar-refractivity contribution is 0.573. The first-order valence-corrected chi connectivity index (χ1v) is 10.4. The second kappa shape index (κ2) is 6.74. The zero-order valence-electron chi connectivity index (χ0n) is 13.9. The standard InChI is InChI=1S/C19H16N4OS2/c1-2-5-13(6-3-1)18-20-14(11-24-18)12-26-19-22-21-17(16-7-4-10-25-16)23(19)15-8-9-15/h1-7,10-11,15H,8-9,12H2. The molecule has 1 saturated carbocycles. The van der Waals surface area contributed by atoms with E-state index in [4.69, 9.17) is 4.42 Å². The van der Waals surface area contributed by atoms with Crippen LogP contribution in [0.25, 0.3) is 22.2 Å². The molecule has 0 saturated heterocycles. The van der Waals surface area contributed by atoms with Gasteiger partial charge in [0.25, 0.3) is 0 Å². The summed E-state index contributed by atoms with van der Waals surface area (Å²) in [6.45, 7) is 0. The molecule has 0 radical (unpaired) electrons. The van der Waals surface area contributed by atoms with Crippen molar-refractivity contribution in [3.63, 3.8) is 0 Å². The molecule has 0 aliphatic heterocycles. The summed E-state index contributed by atoms with van der Waals surface area (Å²) in [7, 11) is 0. The van der Waals surface area contributed by atoms with Crippen LogP contribution in [-0.4, -0.2) is 19.7 Å². The number of hydrogen-bond donors (Lipinski definition) is 0. The second-order valence-electron chi connectivity index (χ2n) is 6.18. The topological polar surface area (TPSA) is 56.7 Å². The van der Waals surface area contributed by atoms with Crippen molar-refractivity contribution in [1.82, 2.24) is 19.7 Å². The average molecular weight is 380 g/mol. The third kappa shape index (κ3) is 3.08. The number of rotatable bonds is 6. The molecular formula is C19H16N4OS2. The number of benzene rings is 1. The Hall–Kier alpha value is -2.38. The van der Waals surface area contributed by atoms with Crippen molar-refractivity contribution in [2.24, 2.45) is 0 Å². The number of thioether (sulfide) groups is 1. The summed E-state index contributed by atoms with van der Waals surface area (Å²) in [6, 6.07) is 14.6. The quantitative estimate of drug-likeness (QED) is 0.426. The van der Waals surface area contributed by atoms with Crippen LogP contribution in [0.4, 0.5) is 0 Å². The number of oxazole rings is 1. The van der Waals surface area contributed by atoms with Gasteiger partial charge in [0.05, 0.1) is 10.6 Å². The van der Waals surface area contributed by atoms with Crippen LogP contribution in [0.5, 0.6) is 0 Å². The van der Waals surface area contributed by atoms with E-state index < -0.39 is 0 Å². The molecule has 4 aromatic rings. The van der Waals surface area contributed by atoms with Crippen LogP contribution in [0, 0.1) is 0 Å². The first-order valence-electron chi connectivity index (χ1n) is 8.50. The highest BCUT2D eigenvalue weighted by atomic mass is 32.2. The summed E-state index contributed by atoms with van der Waals surface area (Å²) in [4.78, 5) is 5.77. The minimum absolute atomic E-state index is 0.529. The van der Waals surface area contributed by atoms with Crippen LogP contribution in [-0.2, 0) is 5.75 Å². The van der Waals surface area contributed by atoms with Crippen LogP contribution in [0.2, 0.25) is 0 Å². The lowest BCUT2D eigenvalue weighted by atomic mass is 10.2. The summed E-state index contributed by atoms with van der Waals surface area (Å²) in [5, 5.41) is 11.9. The van der Waals surface area contributed by atoms with Gasteiger partial charge < -0.3 is 4.42 Å². The second-order valence-corrected chi connectivity index (χ2v) is 8.07. The highest BCUT2D eigenvalue weighted by Crippen LogP contribution is 2.42. The van der Waals surface area contributed by atoms with Crippen molar-refractivity contribution in [1.29, 1.82) is 0 Å². The van der Waals surface area contributed by atoms with Gasteiger partial charge in [0, 0.05) is 17.4 Å². The predicted molar refractivity (Wildman–Crippen MR) is 103 cm³/mol. The van der Waals surface area contributed by atoms with Gasteiger partial charge in [0.15, 0.2) is 11.0 Å². The SMILES string of the molecule is c1ccc(-c2nc(CSc3nnc(-c4cccs4)n3C3CC3)co2)cc1. The summed E-state index contributed by atoms with van der Waals surface area (Å²) in [5.41, 5.74) is 1.90. The van der Waals surface area contributed by atoms with E-state index in [1.165, 1.54) is 17.7 Å². The summed E-state index contributed by atoms with van der Waals surface area (Å²) in [5.74, 6) is 2.35.